The molecule has 0 bridgehead atoms. The van der Waals surface area contributed by atoms with Crippen molar-refractivity contribution >= 4 is 16.9 Å². The Labute approximate surface area is 124 Å². The van der Waals surface area contributed by atoms with Crippen LogP contribution in [0.2, 0.25) is 0 Å². The van der Waals surface area contributed by atoms with Gasteiger partial charge in [-0.2, -0.15) is 0 Å². The third-order valence-corrected chi connectivity index (χ3v) is 3.79. The predicted molar refractivity (Wildman–Crippen MR) is 85.3 cm³/mol. The fourth-order valence-corrected chi connectivity index (χ4v) is 2.68. The lowest BCUT2D eigenvalue weighted by atomic mass is 10.1. The van der Waals surface area contributed by atoms with Gasteiger partial charge in [-0.15, -0.1) is 0 Å². The molecule has 1 atom stereocenters. The molecule has 5 heteroatoms. The number of aromatic nitrogens is 1. The van der Waals surface area contributed by atoms with E-state index in [-0.39, 0.29) is 6.10 Å². The van der Waals surface area contributed by atoms with Crippen molar-refractivity contribution < 1.29 is 4.74 Å². The Morgan fingerprint density at radius 1 is 1.48 bits per heavy atom. The van der Waals surface area contributed by atoms with Gasteiger partial charge >= 0.3 is 0 Å². The molecule has 1 unspecified atom stereocenters. The summed E-state index contributed by atoms with van der Waals surface area (Å²) < 4.78 is 5.54. The van der Waals surface area contributed by atoms with E-state index in [9.17, 15) is 0 Å². The number of hydrogen-bond acceptors (Lipinski definition) is 2. The minimum atomic E-state index is 0.276. The molecule has 5 nitrogen and oxygen atoms in total. The van der Waals surface area contributed by atoms with Crippen LogP contribution in [0.5, 0.6) is 0 Å². The summed E-state index contributed by atoms with van der Waals surface area (Å²) in [7, 11) is 0. The topological polar surface area (TPSA) is 75.4 Å². The molecule has 112 valence electrons. The van der Waals surface area contributed by atoms with Gasteiger partial charge in [0.05, 0.1) is 12.6 Å². The van der Waals surface area contributed by atoms with Crippen LogP contribution in [0.3, 0.4) is 0 Å². The second-order valence-corrected chi connectivity index (χ2v) is 5.59. The number of benzene rings is 1. The van der Waals surface area contributed by atoms with Crippen LogP contribution in [0.25, 0.3) is 10.9 Å². The summed E-state index contributed by atoms with van der Waals surface area (Å²) in [6, 6.07) is 8.45. The molecule has 1 aromatic carbocycles. The van der Waals surface area contributed by atoms with Gasteiger partial charge in [0.1, 0.15) is 0 Å². The number of hydrogen-bond donors (Lipinski definition) is 3. The molecule has 1 saturated heterocycles. The summed E-state index contributed by atoms with van der Waals surface area (Å²) in [6.07, 6.45) is 2.52. The van der Waals surface area contributed by atoms with Crippen molar-refractivity contribution in [2.45, 2.75) is 32.4 Å². The Morgan fingerprint density at radius 3 is 3.19 bits per heavy atom. The highest BCUT2D eigenvalue weighted by atomic mass is 16.5. The van der Waals surface area contributed by atoms with Gasteiger partial charge < -0.3 is 20.8 Å². The minimum absolute atomic E-state index is 0.276. The Kier molecular flexibility index (Phi) is 4.10. The van der Waals surface area contributed by atoms with Gasteiger partial charge in [-0.05, 0) is 48.9 Å². The van der Waals surface area contributed by atoms with Crippen LogP contribution in [0.15, 0.2) is 29.3 Å². The van der Waals surface area contributed by atoms with Crippen LogP contribution in [0.4, 0.5) is 0 Å². The van der Waals surface area contributed by atoms with Crippen LogP contribution in [0.1, 0.15) is 24.1 Å². The van der Waals surface area contributed by atoms with Crippen molar-refractivity contribution in [2.24, 2.45) is 10.7 Å². The van der Waals surface area contributed by atoms with Crippen LogP contribution in [0, 0.1) is 6.92 Å². The highest BCUT2D eigenvalue weighted by Gasteiger charge is 2.14. The number of nitrogens with two attached hydrogens (primary N) is 1. The van der Waals surface area contributed by atoms with E-state index in [2.05, 4.69) is 46.5 Å². The van der Waals surface area contributed by atoms with Crippen molar-refractivity contribution in [3.8, 4) is 0 Å². The molecule has 1 aromatic heterocycles. The van der Waals surface area contributed by atoms with Gasteiger partial charge in [0.2, 0.25) is 0 Å². The maximum atomic E-state index is 5.89. The predicted octanol–water partition coefficient (Wildman–Crippen LogP) is 2.06. The van der Waals surface area contributed by atoms with Gasteiger partial charge in [-0.1, -0.05) is 6.07 Å². The first kappa shape index (κ1) is 13.9. The van der Waals surface area contributed by atoms with Crippen LogP contribution >= 0.6 is 0 Å². The first-order valence-corrected chi connectivity index (χ1v) is 7.44. The number of H-pyrrole nitrogens is 1. The zero-order chi connectivity index (χ0) is 14.7. The Morgan fingerprint density at radius 2 is 2.38 bits per heavy atom. The maximum absolute atomic E-state index is 5.89. The van der Waals surface area contributed by atoms with E-state index in [1.165, 1.54) is 11.1 Å². The number of aliphatic imine (C=N–C) groups is 1. The van der Waals surface area contributed by atoms with Crippen LogP contribution in [-0.2, 0) is 11.3 Å². The van der Waals surface area contributed by atoms with Crippen molar-refractivity contribution in [1.29, 1.82) is 0 Å². The van der Waals surface area contributed by atoms with E-state index in [1.54, 1.807) is 0 Å². The highest BCUT2D eigenvalue weighted by Crippen LogP contribution is 2.17. The number of nitrogens with one attached hydrogen (secondary N) is 2. The lowest BCUT2D eigenvalue weighted by molar-refractivity contribution is 0.114. The summed E-state index contributed by atoms with van der Waals surface area (Å²) in [4.78, 5) is 7.70. The molecule has 2 aromatic rings. The molecule has 0 radical (unpaired) electrons. The van der Waals surface area contributed by atoms with Crippen LogP contribution < -0.4 is 11.1 Å². The van der Waals surface area contributed by atoms with Gasteiger partial charge in [0.15, 0.2) is 5.96 Å². The van der Waals surface area contributed by atoms with E-state index in [1.807, 2.05) is 0 Å². The van der Waals surface area contributed by atoms with Gasteiger partial charge in [-0.25, -0.2) is 4.99 Å². The molecule has 0 spiro atoms. The number of ether oxygens (including phenoxy) is 1. The van der Waals surface area contributed by atoms with Crippen molar-refractivity contribution in [2.75, 3.05) is 13.2 Å². The second kappa shape index (κ2) is 6.18. The van der Waals surface area contributed by atoms with Crippen LogP contribution in [-0.4, -0.2) is 30.2 Å². The SMILES string of the molecule is Cc1cc2cc(CN=C(N)NCC3CCCO3)ccc2[nH]1. The zero-order valence-corrected chi connectivity index (χ0v) is 12.4. The molecule has 0 amide bonds. The average Bonchev–Trinajstić information content (AvgIpc) is 3.10. The van der Waals surface area contributed by atoms with Gasteiger partial charge in [0, 0.05) is 24.4 Å². The van der Waals surface area contributed by atoms with E-state index < -0.39 is 0 Å². The molecule has 1 aliphatic heterocycles. The fourth-order valence-electron chi connectivity index (χ4n) is 2.68. The Bertz CT molecular complexity index is 641. The quantitative estimate of drug-likeness (QED) is 0.595. The second-order valence-electron chi connectivity index (χ2n) is 5.59. The number of aromatic amines is 1. The summed E-state index contributed by atoms with van der Waals surface area (Å²) >= 11 is 0. The first-order chi connectivity index (χ1) is 10.2. The molecule has 0 saturated carbocycles. The minimum Gasteiger partial charge on any atom is -0.376 e. The van der Waals surface area contributed by atoms with Gasteiger partial charge in [-0.3, -0.25) is 0 Å². The van der Waals surface area contributed by atoms with Crippen molar-refractivity contribution in [3.63, 3.8) is 0 Å². The van der Waals surface area contributed by atoms with Gasteiger partial charge in [0.25, 0.3) is 0 Å². The average molecular weight is 286 g/mol. The van der Waals surface area contributed by atoms with E-state index in [0.29, 0.717) is 12.5 Å². The number of guanidine groups is 1. The third-order valence-electron chi connectivity index (χ3n) is 3.79. The lowest BCUT2D eigenvalue weighted by Gasteiger charge is -2.11. The van der Waals surface area contributed by atoms with E-state index in [4.69, 9.17) is 10.5 Å². The summed E-state index contributed by atoms with van der Waals surface area (Å²) in [5, 5.41) is 4.35. The standard InChI is InChI=1S/C16H22N4O/c1-11-7-13-8-12(4-5-15(13)20-11)9-18-16(17)19-10-14-3-2-6-21-14/h4-5,7-8,14,20H,2-3,6,9-10H2,1H3,(H3,17,18,19). The fraction of sp³-hybridized carbons (Fsp3) is 0.438. The Balaban J connectivity index is 1.57. The molecule has 4 N–H and O–H groups in total. The highest BCUT2D eigenvalue weighted by molar-refractivity contribution is 5.81. The summed E-state index contributed by atoms with van der Waals surface area (Å²) in [5.41, 5.74) is 9.38. The number of rotatable bonds is 4. The molecular weight excluding hydrogens is 264 g/mol. The summed E-state index contributed by atoms with van der Waals surface area (Å²) in [5.74, 6) is 0.482. The van der Waals surface area contributed by atoms with Crippen molar-refractivity contribution in [1.82, 2.24) is 10.3 Å². The smallest absolute Gasteiger partial charge is 0.189 e. The normalized spacial score (nSPS) is 19.3. The monoisotopic (exact) mass is 286 g/mol. The third kappa shape index (κ3) is 3.55. The molecule has 1 aliphatic rings. The molecule has 0 aliphatic carbocycles. The largest absolute Gasteiger partial charge is 0.376 e. The molecule has 21 heavy (non-hydrogen) atoms. The summed E-state index contributed by atoms with van der Waals surface area (Å²) in [6.45, 7) is 4.25. The number of nitrogens with zero attached hydrogens (tertiary/aromatic N) is 1. The molecule has 2 heterocycles. The maximum Gasteiger partial charge on any atom is 0.189 e. The van der Waals surface area contributed by atoms with Crippen molar-refractivity contribution in [3.05, 3.63) is 35.5 Å². The Hall–Kier alpha value is -2.01. The zero-order valence-electron chi connectivity index (χ0n) is 12.4. The number of aryl methyl sites for hydroxylation is 1. The number of fused-ring (bicyclic) bond motifs is 1. The van der Waals surface area contributed by atoms with E-state index in [0.717, 1.165) is 37.1 Å². The lowest BCUT2D eigenvalue weighted by Crippen LogP contribution is -2.37. The van der Waals surface area contributed by atoms with E-state index >= 15 is 0 Å². The molecular formula is C16H22N4O. The first-order valence-electron chi connectivity index (χ1n) is 7.44. The molecule has 1 fully saturated rings. The molecule has 3 rings (SSSR count).